The third-order valence-corrected chi connectivity index (χ3v) is 4.74. The van der Waals surface area contributed by atoms with Gasteiger partial charge >= 0.3 is 6.43 Å². The first-order valence-corrected chi connectivity index (χ1v) is 9.28. The zero-order chi connectivity index (χ0) is 21.1. The number of nitrogens with zero attached hydrogens (tertiary/aromatic N) is 7. The predicted octanol–water partition coefficient (Wildman–Crippen LogP) is 2.07. The Hall–Kier alpha value is -3.57. The van der Waals surface area contributed by atoms with Crippen molar-refractivity contribution < 1.29 is 18.0 Å². The van der Waals surface area contributed by atoms with Crippen molar-refractivity contribution in [3.63, 3.8) is 0 Å². The molecule has 0 amide bonds. The van der Waals surface area contributed by atoms with E-state index in [1.54, 1.807) is 35.8 Å². The van der Waals surface area contributed by atoms with Gasteiger partial charge in [0.25, 0.3) is 11.8 Å². The normalized spacial score (nSPS) is 16.9. The Morgan fingerprint density at radius 3 is 2.70 bits per heavy atom. The summed E-state index contributed by atoms with van der Waals surface area (Å²) in [4.78, 5) is 20.3. The van der Waals surface area contributed by atoms with Crippen molar-refractivity contribution in [1.82, 2.24) is 25.1 Å². The van der Waals surface area contributed by atoms with E-state index in [1.807, 2.05) is 11.8 Å². The number of nitrogen functional groups attached to an aromatic ring is 1. The van der Waals surface area contributed by atoms with Gasteiger partial charge in [0.05, 0.1) is 24.3 Å². The molecule has 0 radical (unpaired) electrons. The van der Waals surface area contributed by atoms with E-state index < -0.39 is 12.3 Å². The molecule has 10 nitrogen and oxygen atoms in total. The van der Waals surface area contributed by atoms with Crippen molar-refractivity contribution in [2.24, 2.45) is 0 Å². The van der Waals surface area contributed by atoms with E-state index in [0.717, 1.165) is 5.56 Å². The highest BCUT2D eigenvalue weighted by molar-refractivity contribution is 5.43. The number of alkyl halides is 2. The molecule has 158 valence electrons. The molecule has 3 aromatic rings. The Morgan fingerprint density at radius 2 is 2.03 bits per heavy atom. The highest BCUT2D eigenvalue weighted by Crippen LogP contribution is 2.23. The van der Waals surface area contributed by atoms with Gasteiger partial charge in [-0.2, -0.15) is 13.8 Å². The fourth-order valence-electron chi connectivity index (χ4n) is 3.14. The van der Waals surface area contributed by atoms with Gasteiger partial charge in [-0.05, 0) is 18.1 Å². The van der Waals surface area contributed by atoms with Crippen LogP contribution in [0.5, 0.6) is 5.75 Å². The molecular weight excluding hydrogens is 398 g/mol. The molecule has 1 aliphatic rings. The lowest BCUT2D eigenvalue weighted by atomic mass is 10.2. The monoisotopic (exact) mass is 418 g/mol. The number of nitrogens with two attached hydrogens (primary N) is 1. The van der Waals surface area contributed by atoms with E-state index in [1.165, 1.54) is 0 Å². The lowest BCUT2D eigenvalue weighted by Gasteiger charge is -2.39. The minimum atomic E-state index is -2.78. The van der Waals surface area contributed by atoms with E-state index >= 15 is 0 Å². The van der Waals surface area contributed by atoms with Crippen LogP contribution in [0, 0.1) is 0 Å². The number of hydrogen-bond donors (Lipinski definition) is 1. The lowest BCUT2D eigenvalue weighted by Crippen LogP contribution is -2.53. The molecule has 3 aromatic heterocycles. The Bertz CT molecular complexity index is 984. The maximum atomic E-state index is 12.7. The third-order valence-electron chi connectivity index (χ3n) is 4.74. The van der Waals surface area contributed by atoms with Gasteiger partial charge in [0.15, 0.2) is 5.75 Å². The summed E-state index contributed by atoms with van der Waals surface area (Å²) in [6, 6.07) is 1.80. The smallest absolute Gasteiger partial charge is 0.316 e. The molecule has 4 heterocycles. The first kappa shape index (κ1) is 19.7. The van der Waals surface area contributed by atoms with E-state index in [9.17, 15) is 8.78 Å². The molecule has 1 saturated heterocycles. The van der Waals surface area contributed by atoms with Crippen molar-refractivity contribution in [1.29, 1.82) is 0 Å². The van der Waals surface area contributed by atoms with Gasteiger partial charge in [0.1, 0.15) is 6.61 Å². The largest absolute Gasteiger partial charge is 0.486 e. The van der Waals surface area contributed by atoms with Crippen molar-refractivity contribution in [2.75, 3.05) is 35.2 Å². The van der Waals surface area contributed by atoms with Crippen molar-refractivity contribution >= 4 is 17.6 Å². The van der Waals surface area contributed by atoms with Gasteiger partial charge in [-0.25, -0.2) is 9.97 Å². The molecule has 12 heteroatoms. The summed E-state index contributed by atoms with van der Waals surface area (Å²) >= 11 is 0. The van der Waals surface area contributed by atoms with Gasteiger partial charge in [-0.1, -0.05) is 0 Å². The van der Waals surface area contributed by atoms with Crippen molar-refractivity contribution in [2.45, 2.75) is 26.0 Å². The lowest BCUT2D eigenvalue weighted by molar-refractivity contribution is 0.106. The van der Waals surface area contributed by atoms with Crippen LogP contribution in [0.4, 0.5) is 26.4 Å². The number of halogens is 2. The van der Waals surface area contributed by atoms with Crippen LogP contribution < -0.4 is 20.3 Å². The first-order valence-electron chi connectivity index (χ1n) is 9.28. The van der Waals surface area contributed by atoms with E-state index in [2.05, 4.69) is 29.6 Å². The first-order chi connectivity index (χ1) is 14.5. The van der Waals surface area contributed by atoms with Crippen molar-refractivity contribution in [3.05, 3.63) is 42.3 Å². The highest BCUT2D eigenvalue weighted by atomic mass is 19.3. The van der Waals surface area contributed by atoms with Crippen LogP contribution in [-0.4, -0.2) is 50.8 Å². The third kappa shape index (κ3) is 4.21. The number of pyridine rings is 1. The maximum Gasteiger partial charge on any atom is 0.316 e. The average molecular weight is 418 g/mol. The summed E-state index contributed by atoms with van der Waals surface area (Å²) in [5.74, 6) is 0.566. The molecule has 0 aromatic carbocycles. The van der Waals surface area contributed by atoms with Crippen LogP contribution in [-0.2, 0) is 6.61 Å². The Kier molecular flexibility index (Phi) is 5.55. The molecule has 0 unspecified atom stereocenters. The summed E-state index contributed by atoms with van der Waals surface area (Å²) in [6.45, 7) is 3.89. The summed E-state index contributed by atoms with van der Waals surface area (Å²) < 4.78 is 35.6. The average Bonchev–Trinajstić information content (AvgIpc) is 3.24. The number of ether oxygens (including phenoxy) is 1. The Balaban J connectivity index is 1.36. The summed E-state index contributed by atoms with van der Waals surface area (Å²) in [5.41, 5.74) is 7.24. The van der Waals surface area contributed by atoms with Crippen LogP contribution >= 0.6 is 0 Å². The van der Waals surface area contributed by atoms with Crippen LogP contribution in [0.3, 0.4) is 0 Å². The van der Waals surface area contributed by atoms with Crippen molar-refractivity contribution in [3.8, 4) is 5.75 Å². The van der Waals surface area contributed by atoms with Crippen LogP contribution in [0.2, 0.25) is 0 Å². The molecule has 0 bridgehead atoms. The molecule has 1 atom stereocenters. The Labute approximate surface area is 170 Å². The minimum Gasteiger partial charge on any atom is -0.486 e. The second-order valence-electron chi connectivity index (χ2n) is 6.80. The fraction of sp³-hybridized carbons (Fsp3) is 0.389. The van der Waals surface area contributed by atoms with Gasteiger partial charge in [0, 0.05) is 37.4 Å². The molecule has 2 N–H and O–H groups in total. The Morgan fingerprint density at radius 1 is 1.23 bits per heavy atom. The summed E-state index contributed by atoms with van der Waals surface area (Å²) in [7, 11) is 0. The molecule has 1 aliphatic heterocycles. The van der Waals surface area contributed by atoms with Crippen LogP contribution in [0.15, 0.2) is 35.4 Å². The molecular formula is C18H20F2N8O2. The van der Waals surface area contributed by atoms with E-state index in [4.69, 9.17) is 10.5 Å². The molecule has 1 fully saturated rings. The summed E-state index contributed by atoms with van der Waals surface area (Å²) in [5, 5.41) is 3.64. The SMILES string of the molecule is C[C@@H]1CN(c2noc(C(F)F)n2)CCN1c1ncc(OCc2ccncc2N)cn1. The zero-order valence-electron chi connectivity index (χ0n) is 16.2. The molecule has 4 rings (SSSR count). The van der Waals surface area contributed by atoms with E-state index in [0.29, 0.717) is 37.0 Å². The molecule has 0 aliphatic carbocycles. The zero-order valence-corrected chi connectivity index (χ0v) is 16.2. The molecule has 0 saturated carbocycles. The number of piperazine rings is 1. The minimum absolute atomic E-state index is 0.00985. The van der Waals surface area contributed by atoms with Gasteiger partial charge in [0.2, 0.25) is 5.95 Å². The van der Waals surface area contributed by atoms with Gasteiger partial charge in [-0.3, -0.25) is 4.98 Å². The van der Waals surface area contributed by atoms with Crippen LogP contribution in [0.1, 0.15) is 24.8 Å². The second kappa shape index (κ2) is 8.43. The molecule has 0 spiro atoms. The van der Waals surface area contributed by atoms with Gasteiger partial charge < -0.3 is 24.8 Å². The highest BCUT2D eigenvalue weighted by Gasteiger charge is 2.29. The van der Waals surface area contributed by atoms with Gasteiger partial charge in [-0.15, -0.1) is 0 Å². The predicted molar refractivity (Wildman–Crippen MR) is 103 cm³/mol. The number of aromatic nitrogens is 5. The topological polar surface area (TPSA) is 119 Å². The number of hydrogen-bond acceptors (Lipinski definition) is 10. The standard InChI is InChI=1S/C18H20F2N8O2/c1-11-9-27(18-25-16(15(19)20)30-26-18)4-5-28(11)17-23-6-13(7-24-17)29-10-12-2-3-22-8-14(12)21/h2-3,6-8,11,15H,4-5,9-10,21H2,1H3/t11-/m1/s1. The van der Waals surface area contributed by atoms with Crippen LogP contribution in [0.25, 0.3) is 0 Å². The summed E-state index contributed by atoms with van der Waals surface area (Å²) in [6.07, 6.45) is 3.65. The fourth-order valence-corrected chi connectivity index (χ4v) is 3.14. The second-order valence-corrected chi connectivity index (χ2v) is 6.80. The number of rotatable bonds is 6. The molecule has 30 heavy (non-hydrogen) atoms. The maximum absolute atomic E-state index is 12.7. The number of anilines is 3. The quantitative estimate of drug-likeness (QED) is 0.637. The van der Waals surface area contributed by atoms with E-state index in [-0.39, 0.29) is 18.6 Å².